The normalized spacial score (nSPS) is 14.9. The smallest absolute Gasteiger partial charge is 0.219 e. The molecule has 0 amide bonds. The van der Waals surface area contributed by atoms with Gasteiger partial charge in [0.1, 0.15) is 0 Å². The van der Waals surface area contributed by atoms with E-state index in [-0.39, 0.29) is 6.61 Å². The molecule has 0 radical (unpaired) electrons. The van der Waals surface area contributed by atoms with E-state index in [9.17, 15) is 8.42 Å². The molecule has 0 aromatic heterocycles. The summed E-state index contributed by atoms with van der Waals surface area (Å²) in [4.78, 5) is 0. The molecule has 0 unspecified atom stereocenters. The quantitative estimate of drug-likeness (QED) is 0.770. The molecule has 86 valence electrons. The first-order chi connectivity index (χ1) is 5.97. The van der Waals surface area contributed by atoms with E-state index in [1.54, 1.807) is 34.6 Å². The summed E-state index contributed by atoms with van der Waals surface area (Å²) in [5.41, 5.74) is -0.758. The van der Waals surface area contributed by atoms with Crippen LogP contribution in [0.5, 0.6) is 0 Å². The standard InChI is InChI=1S/C9H21NO3S/c1-8(2,3)14(12,13)10(6)9(4,5)7-11/h11H,7H2,1-6H3. The van der Waals surface area contributed by atoms with Crippen LogP contribution in [-0.2, 0) is 10.0 Å². The van der Waals surface area contributed by atoms with Crippen LogP contribution in [0.1, 0.15) is 34.6 Å². The number of likely N-dealkylation sites (N-methyl/N-ethyl adjacent to an activating group) is 1. The maximum atomic E-state index is 12.0. The van der Waals surface area contributed by atoms with Crippen molar-refractivity contribution in [3.05, 3.63) is 0 Å². The van der Waals surface area contributed by atoms with E-state index in [2.05, 4.69) is 0 Å². The fourth-order valence-corrected chi connectivity index (χ4v) is 2.37. The molecule has 0 aliphatic carbocycles. The average molecular weight is 223 g/mol. The topological polar surface area (TPSA) is 57.6 Å². The van der Waals surface area contributed by atoms with Crippen molar-refractivity contribution in [2.24, 2.45) is 0 Å². The number of rotatable bonds is 3. The second kappa shape index (κ2) is 3.79. The summed E-state index contributed by atoms with van der Waals surface area (Å²) in [7, 11) is -1.88. The third-order valence-corrected chi connectivity index (χ3v) is 5.14. The third-order valence-electron chi connectivity index (χ3n) is 2.37. The van der Waals surface area contributed by atoms with Gasteiger partial charge in [-0.05, 0) is 34.6 Å². The van der Waals surface area contributed by atoms with E-state index in [0.717, 1.165) is 0 Å². The molecule has 0 spiro atoms. The van der Waals surface area contributed by atoms with Gasteiger partial charge in [0.05, 0.1) is 16.9 Å². The van der Waals surface area contributed by atoms with Gasteiger partial charge in [-0.15, -0.1) is 0 Å². The van der Waals surface area contributed by atoms with E-state index in [4.69, 9.17) is 5.11 Å². The predicted octanol–water partition coefficient (Wildman–Crippen LogP) is 0.817. The van der Waals surface area contributed by atoms with Crippen LogP contribution in [0.4, 0.5) is 0 Å². The van der Waals surface area contributed by atoms with Gasteiger partial charge in [-0.3, -0.25) is 0 Å². The number of hydrogen-bond donors (Lipinski definition) is 1. The highest BCUT2D eigenvalue weighted by Gasteiger charge is 2.40. The van der Waals surface area contributed by atoms with Gasteiger partial charge in [0.2, 0.25) is 10.0 Å². The van der Waals surface area contributed by atoms with Gasteiger partial charge in [-0.1, -0.05) is 0 Å². The number of sulfonamides is 1. The minimum Gasteiger partial charge on any atom is -0.394 e. The van der Waals surface area contributed by atoms with Gasteiger partial charge in [0.25, 0.3) is 0 Å². The Hall–Kier alpha value is -0.130. The maximum Gasteiger partial charge on any atom is 0.219 e. The molecule has 0 fully saturated rings. The van der Waals surface area contributed by atoms with Crippen molar-refractivity contribution in [1.82, 2.24) is 4.31 Å². The summed E-state index contributed by atoms with van der Waals surface area (Å²) < 4.78 is 24.3. The molecular formula is C9H21NO3S. The van der Waals surface area contributed by atoms with Crippen LogP contribution in [0.3, 0.4) is 0 Å². The van der Waals surface area contributed by atoms with Crippen molar-refractivity contribution < 1.29 is 13.5 Å². The van der Waals surface area contributed by atoms with Crippen LogP contribution in [-0.4, -0.2) is 41.8 Å². The highest BCUT2D eigenvalue weighted by Crippen LogP contribution is 2.25. The Labute approximate surface area is 87.0 Å². The third kappa shape index (κ3) is 2.46. The Bertz CT molecular complexity index is 288. The minimum atomic E-state index is -3.37. The van der Waals surface area contributed by atoms with Crippen molar-refractivity contribution in [1.29, 1.82) is 0 Å². The zero-order valence-corrected chi connectivity index (χ0v) is 10.6. The Kier molecular flexibility index (Phi) is 3.76. The molecule has 0 atom stereocenters. The van der Waals surface area contributed by atoms with Gasteiger partial charge in [0, 0.05) is 7.05 Å². The summed E-state index contributed by atoms with van der Waals surface area (Å²) >= 11 is 0. The highest BCUT2D eigenvalue weighted by atomic mass is 32.2. The van der Waals surface area contributed by atoms with Gasteiger partial charge in [-0.2, -0.15) is 4.31 Å². The number of aliphatic hydroxyl groups is 1. The molecule has 0 aromatic rings. The molecule has 0 aliphatic rings. The number of nitrogens with zero attached hydrogens (tertiary/aromatic N) is 1. The fraction of sp³-hybridized carbons (Fsp3) is 1.00. The molecule has 0 heterocycles. The van der Waals surface area contributed by atoms with E-state index in [1.165, 1.54) is 11.4 Å². The maximum absolute atomic E-state index is 12.0. The summed E-state index contributed by atoms with van der Waals surface area (Å²) in [5, 5.41) is 9.09. The summed E-state index contributed by atoms with van der Waals surface area (Å²) in [6.45, 7) is 8.12. The minimum absolute atomic E-state index is 0.196. The SMILES string of the molecule is CN(C(C)(C)CO)S(=O)(=O)C(C)(C)C. The van der Waals surface area contributed by atoms with Gasteiger partial charge >= 0.3 is 0 Å². The summed E-state index contributed by atoms with van der Waals surface area (Å²) in [6.07, 6.45) is 0. The molecule has 0 aromatic carbocycles. The molecule has 4 nitrogen and oxygen atoms in total. The van der Waals surface area contributed by atoms with Crippen LogP contribution in [0.25, 0.3) is 0 Å². The van der Waals surface area contributed by atoms with Gasteiger partial charge in [0.15, 0.2) is 0 Å². The first kappa shape index (κ1) is 13.9. The van der Waals surface area contributed by atoms with Crippen molar-refractivity contribution in [2.75, 3.05) is 13.7 Å². The molecule has 0 aliphatic heterocycles. The van der Waals surface area contributed by atoms with E-state index < -0.39 is 20.3 Å². The highest BCUT2D eigenvalue weighted by molar-refractivity contribution is 7.90. The zero-order valence-electron chi connectivity index (χ0n) is 9.83. The lowest BCUT2D eigenvalue weighted by Gasteiger charge is -2.37. The predicted molar refractivity (Wildman–Crippen MR) is 57.6 cm³/mol. The van der Waals surface area contributed by atoms with Crippen LogP contribution < -0.4 is 0 Å². The zero-order chi connectivity index (χ0) is 11.8. The second-order valence-electron chi connectivity index (χ2n) is 5.06. The largest absolute Gasteiger partial charge is 0.394 e. The van der Waals surface area contributed by atoms with Crippen molar-refractivity contribution in [3.63, 3.8) is 0 Å². The van der Waals surface area contributed by atoms with Crippen molar-refractivity contribution >= 4 is 10.0 Å². The van der Waals surface area contributed by atoms with Crippen LogP contribution >= 0.6 is 0 Å². The van der Waals surface area contributed by atoms with Crippen LogP contribution in [0, 0.1) is 0 Å². The lowest BCUT2D eigenvalue weighted by atomic mass is 10.1. The first-order valence-electron chi connectivity index (χ1n) is 4.56. The average Bonchev–Trinajstić information content (AvgIpc) is 2.01. The molecule has 1 N–H and O–H groups in total. The van der Waals surface area contributed by atoms with Gasteiger partial charge in [-0.25, -0.2) is 8.42 Å². The Morgan fingerprint density at radius 3 is 1.71 bits per heavy atom. The molecule has 5 heteroatoms. The van der Waals surface area contributed by atoms with E-state index in [1.807, 2.05) is 0 Å². The molecule has 0 rings (SSSR count). The lowest BCUT2D eigenvalue weighted by molar-refractivity contribution is 0.136. The van der Waals surface area contributed by atoms with E-state index >= 15 is 0 Å². The Morgan fingerprint density at radius 1 is 1.14 bits per heavy atom. The van der Waals surface area contributed by atoms with Gasteiger partial charge < -0.3 is 5.11 Å². The summed E-state index contributed by atoms with van der Waals surface area (Å²) in [6, 6.07) is 0. The van der Waals surface area contributed by atoms with Crippen molar-refractivity contribution in [3.8, 4) is 0 Å². The molecule has 0 saturated carbocycles. The number of hydrogen-bond acceptors (Lipinski definition) is 3. The number of aliphatic hydroxyl groups excluding tert-OH is 1. The summed E-state index contributed by atoms with van der Waals surface area (Å²) in [5.74, 6) is 0. The van der Waals surface area contributed by atoms with E-state index in [0.29, 0.717) is 0 Å². The molecule has 14 heavy (non-hydrogen) atoms. The lowest BCUT2D eigenvalue weighted by Crippen LogP contribution is -2.52. The fourth-order valence-electron chi connectivity index (χ4n) is 0.836. The monoisotopic (exact) mass is 223 g/mol. The molecular weight excluding hydrogens is 202 g/mol. The van der Waals surface area contributed by atoms with Crippen LogP contribution in [0.15, 0.2) is 0 Å². The molecule has 0 bridgehead atoms. The van der Waals surface area contributed by atoms with Crippen LogP contribution in [0.2, 0.25) is 0 Å². The Morgan fingerprint density at radius 2 is 1.50 bits per heavy atom. The van der Waals surface area contributed by atoms with Crippen molar-refractivity contribution in [2.45, 2.75) is 44.9 Å². The second-order valence-corrected chi connectivity index (χ2v) is 7.78. The Balaban J connectivity index is 5.16. The molecule has 0 saturated heterocycles. The first-order valence-corrected chi connectivity index (χ1v) is 6.00.